The molecule has 2 aromatic carbocycles. The van der Waals surface area contributed by atoms with Gasteiger partial charge in [-0.1, -0.05) is 17.7 Å². The van der Waals surface area contributed by atoms with Crippen LogP contribution in [0.3, 0.4) is 0 Å². The maximum absolute atomic E-state index is 12.8. The standard InChI is InChI=1S/C22H25N3O5S/c1-14-3-6-18(7-4-14)31(28,29)25-11-9-16(10-12-25)22(27)23-17-5-8-20-19(13-17)24-21(26)15(2)30-20/h3-8,13,15-16H,9-12H2,1-2H3,(H,23,27)(H,24,26). The third-order valence-electron chi connectivity index (χ3n) is 5.66. The molecule has 0 aromatic heterocycles. The average Bonchev–Trinajstić information content (AvgIpc) is 2.75. The molecule has 0 spiro atoms. The van der Waals surface area contributed by atoms with E-state index < -0.39 is 16.1 Å². The SMILES string of the molecule is Cc1ccc(S(=O)(=O)N2CCC(C(=O)Nc3ccc4c(c3)NC(=O)C(C)O4)CC2)cc1. The number of nitrogens with one attached hydrogen (secondary N) is 2. The van der Waals surface area contributed by atoms with Crippen LogP contribution in [0.25, 0.3) is 0 Å². The summed E-state index contributed by atoms with van der Waals surface area (Å²) in [6.07, 6.45) is 0.327. The molecule has 1 atom stereocenters. The number of rotatable bonds is 4. The van der Waals surface area contributed by atoms with Gasteiger partial charge in [0.2, 0.25) is 15.9 Å². The predicted octanol–water partition coefficient (Wildman–Crippen LogP) is 2.75. The first-order valence-corrected chi connectivity index (χ1v) is 11.7. The summed E-state index contributed by atoms with van der Waals surface area (Å²) in [5, 5.41) is 5.62. The number of piperidine rings is 1. The number of hydrogen-bond acceptors (Lipinski definition) is 5. The Morgan fingerprint density at radius 2 is 1.81 bits per heavy atom. The average molecular weight is 444 g/mol. The van der Waals surface area contributed by atoms with Crippen molar-refractivity contribution >= 4 is 33.2 Å². The van der Waals surface area contributed by atoms with Crippen LogP contribution >= 0.6 is 0 Å². The maximum Gasteiger partial charge on any atom is 0.265 e. The molecular formula is C22H25N3O5S. The summed E-state index contributed by atoms with van der Waals surface area (Å²) in [6, 6.07) is 11.9. The van der Waals surface area contributed by atoms with Gasteiger partial charge in [-0.25, -0.2) is 8.42 Å². The van der Waals surface area contributed by atoms with Gasteiger partial charge in [0.25, 0.3) is 5.91 Å². The zero-order chi connectivity index (χ0) is 22.2. The molecule has 2 amide bonds. The fourth-order valence-corrected chi connectivity index (χ4v) is 5.22. The lowest BCUT2D eigenvalue weighted by atomic mass is 9.97. The summed E-state index contributed by atoms with van der Waals surface area (Å²) >= 11 is 0. The summed E-state index contributed by atoms with van der Waals surface area (Å²) in [5.41, 5.74) is 2.06. The van der Waals surface area contributed by atoms with E-state index in [2.05, 4.69) is 10.6 Å². The van der Waals surface area contributed by atoms with Crippen LogP contribution < -0.4 is 15.4 Å². The van der Waals surface area contributed by atoms with Crippen molar-refractivity contribution in [1.82, 2.24) is 4.31 Å². The Bertz CT molecular complexity index is 1110. The van der Waals surface area contributed by atoms with Crippen LogP contribution in [-0.4, -0.2) is 43.7 Å². The second kappa shape index (κ2) is 8.32. The highest BCUT2D eigenvalue weighted by molar-refractivity contribution is 7.89. The van der Waals surface area contributed by atoms with Crippen molar-refractivity contribution in [3.05, 3.63) is 48.0 Å². The Morgan fingerprint density at radius 3 is 2.48 bits per heavy atom. The van der Waals surface area contributed by atoms with Crippen molar-refractivity contribution in [2.75, 3.05) is 23.7 Å². The van der Waals surface area contributed by atoms with Crippen molar-refractivity contribution in [1.29, 1.82) is 0 Å². The first kappa shape index (κ1) is 21.3. The first-order chi connectivity index (χ1) is 14.7. The Morgan fingerprint density at radius 1 is 1.13 bits per heavy atom. The van der Waals surface area contributed by atoms with E-state index in [1.807, 2.05) is 6.92 Å². The van der Waals surface area contributed by atoms with Crippen LogP contribution in [0.5, 0.6) is 5.75 Å². The smallest absolute Gasteiger partial charge is 0.265 e. The molecule has 2 aliphatic rings. The van der Waals surface area contributed by atoms with Gasteiger partial charge in [-0.15, -0.1) is 0 Å². The molecular weight excluding hydrogens is 418 g/mol. The summed E-state index contributed by atoms with van der Waals surface area (Å²) in [7, 11) is -3.56. The van der Waals surface area contributed by atoms with E-state index in [0.717, 1.165) is 5.56 Å². The zero-order valence-corrected chi connectivity index (χ0v) is 18.2. The van der Waals surface area contributed by atoms with Crippen molar-refractivity contribution in [3.8, 4) is 5.75 Å². The number of fused-ring (bicyclic) bond motifs is 1. The van der Waals surface area contributed by atoms with E-state index in [1.165, 1.54) is 4.31 Å². The van der Waals surface area contributed by atoms with Gasteiger partial charge in [0.15, 0.2) is 6.10 Å². The van der Waals surface area contributed by atoms with Crippen molar-refractivity contribution in [2.24, 2.45) is 5.92 Å². The van der Waals surface area contributed by atoms with Gasteiger partial charge in [0.1, 0.15) is 5.75 Å². The summed E-state index contributed by atoms with van der Waals surface area (Å²) in [5.74, 6) is -0.132. The van der Waals surface area contributed by atoms with Gasteiger partial charge >= 0.3 is 0 Å². The first-order valence-electron chi connectivity index (χ1n) is 10.2. The minimum Gasteiger partial charge on any atom is -0.479 e. The number of ether oxygens (including phenoxy) is 1. The lowest BCUT2D eigenvalue weighted by molar-refractivity contribution is -0.122. The highest BCUT2D eigenvalue weighted by atomic mass is 32.2. The number of aryl methyl sites for hydroxylation is 1. The number of carbonyl (C=O) groups excluding carboxylic acids is 2. The number of nitrogens with zero attached hydrogens (tertiary/aromatic N) is 1. The van der Waals surface area contributed by atoms with E-state index >= 15 is 0 Å². The highest BCUT2D eigenvalue weighted by Crippen LogP contribution is 2.33. The molecule has 1 fully saturated rings. The second-order valence-corrected chi connectivity index (χ2v) is 9.88. The molecule has 4 rings (SSSR count). The molecule has 0 saturated carbocycles. The minimum atomic E-state index is -3.56. The molecule has 8 nitrogen and oxygen atoms in total. The van der Waals surface area contributed by atoms with Crippen LogP contribution in [0.15, 0.2) is 47.4 Å². The van der Waals surface area contributed by atoms with Gasteiger partial charge < -0.3 is 15.4 Å². The molecule has 0 aliphatic carbocycles. The van der Waals surface area contributed by atoms with E-state index in [0.29, 0.717) is 43.1 Å². The zero-order valence-electron chi connectivity index (χ0n) is 17.4. The van der Waals surface area contributed by atoms with Crippen molar-refractivity contribution in [2.45, 2.75) is 37.7 Å². The summed E-state index contributed by atoms with van der Waals surface area (Å²) < 4.78 is 32.6. The van der Waals surface area contributed by atoms with E-state index in [1.54, 1.807) is 49.4 Å². The fraction of sp³-hybridized carbons (Fsp3) is 0.364. The predicted molar refractivity (Wildman–Crippen MR) is 116 cm³/mol. The molecule has 31 heavy (non-hydrogen) atoms. The fourth-order valence-electron chi connectivity index (χ4n) is 3.75. The number of sulfonamides is 1. The number of carbonyl (C=O) groups is 2. The third-order valence-corrected chi connectivity index (χ3v) is 7.57. The van der Waals surface area contributed by atoms with Gasteiger partial charge in [-0.3, -0.25) is 9.59 Å². The Balaban J connectivity index is 1.37. The molecule has 1 unspecified atom stereocenters. The van der Waals surface area contributed by atoms with Crippen LogP contribution in [0.4, 0.5) is 11.4 Å². The van der Waals surface area contributed by atoms with Crippen LogP contribution in [0.1, 0.15) is 25.3 Å². The van der Waals surface area contributed by atoms with Gasteiger partial charge in [-0.05, 0) is 57.0 Å². The number of amides is 2. The maximum atomic E-state index is 12.8. The molecule has 0 radical (unpaired) electrons. The lowest BCUT2D eigenvalue weighted by Gasteiger charge is -2.30. The molecule has 9 heteroatoms. The van der Waals surface area contributed by atoms with Gasteiger partial charge in [0.05, 0.1) is 10.6 Å². The number of benzene rings is 2. The Hall–Kier alpha value is -2.91. The molecule has 2 aromatic rings. The van der Waals surface area contributed by atoms with Crippen LogP contribution in [-0.2, 0) is 19.6 Å². The quantitative estimate of drug-likeness (QED) is 0.756. The van der Waals surface area contributed by atoms with Gasteiger partial charge in [-0.2, -0.15) is 4.31 Å². The topological polar surface area (TPSA) is 105 Å². The van der Waals surface area contributed by atoms with Gasteiger partial charge in [0, 0.05) is 24.7 Å². The molecule has 1 saturated heterocycles. The largest absolute Gasteiger partial charge is 0.479 e. The minimum absolute atomic E-state index is 0.163. The number of anilines is 2. The monoisotopic (exact) mass is 443 g/mol. The molecule has 2 aliphatic heterocycles. The van der Waals surface area contributed by atoms with Crippen LogP contribution in [0, 0.1) is 12.8 Å². The van der Waals surface area contributed by atoms with Crippen molar-refractivity contribution in [3.63, 3.8) is 0 Å². The van der Waals surface area contributed by atoms with Crippen molar-refractivity contribution < 1.29 is 22.7 Å². The molecule has 2 heterocycles. The normalized spacial score (nSPS) is 19.8. The Labute approximate surface area is 181 Å². The molecule has 0 bridgehead atoms. The van der Waals surface area contributed by atoms with E-state index in [4.69, 9.17) is 4.74 Å². The summed E-state index contributed by atoms with van der Waals surface area (Å²) in [6.45, 7) is 4.16. The second-order valence-electron chi connectivity index (χ2n) is 7.94. The molecule has 2 N–H and O–H groups in total. The Kier molecular flexibility index (Phi) is 5.72. The highest BCUT2D eigenvalue weighted by Gasteiger charge is 2.32. The third kappa shape index (κ3) is 4.42. The lowest BCUT2D eigenvalue weighted by Crippen LogP contribution is -2.41. The van der Waals surface area contributed by atoms with Crippen LogP contribution in [0.2, 0.25) is 0 Å². The number of hydrogen-bond donors (Lipinski definition) is 2. The molecule has 164 valence electrons. The van der Waals surface area contributed by atoms with E-state index in [9.17, 15) is 18.0 Å². The van der Waals surface area contributed by atoms with E-state index in [-0.39, 0.29) is 22.6 Å². The summed E-state index contributed by atoms with van der Waals surface area (Å²) in [4.78, 5) is 24.8.